The monoisotopic (exact) mass is 348 g/mol. The van der Waals surface area contributed by atoms with Gasteiger partial charge >= 0.3 is 0 Å². The summed E-state index contributed by atoms with van der Waals surface area (Å²) in [5.74, 6) is 2.19. The second-order valence-electron chi connectivity index (χ2n) is 7.10. The molecule has 0 radical (unpaired) electrons. The molecule has 2 fully saturated rings. The maximum Gasteiger partial charge on any atom is 0.203 e. The molecule has 1 saturated carbocycles. The van der Waals surface area contributed by atoms with E-state index >= 15 is 0 Å². The lowest BCUT2D eigenvalue weighted by atomic mass is 9.94. The van der Waals surface area contributed by atoms with Crippen molar-refractivity contribution in [2.75, 3.05) is 47.5 Å². The SMILES string of the molecule is COc1ccc(CN2CCN(C3CCCCC3)CC2)c(OC)c1OC. The Bertz CT molecular complexity index is 550. The average molecular weight is 348 g/mol. The van der Waals surface area contributed by atoms with E-state index < -0.39 is 0 Å². The van der Waals surface area contributed by atoms with E-state index in [-0.39, 0.29) is 0 Å². The third kappa shape index (κ3) is 4.21. The van der Waals surface area contributed by atoms with Gasteiger partial charge in [0.15, 0.2) is 11.5 Å². The van der Waals surface area contributed by atoms with Crippen LogP contribution >= 0.6 is 0 Å². The number of benzene rings is 1. The van der Waals surface area contributed by atoms with Crippen LogP contribution in [0.2, 0.25) is 0 Å². The van der Waals surface area contributed by atoms with Crippen LogP contribution in [0.1, 0.15) is 37.7 Å². The van der Waals surface area contributed by atoms with Crippen LogP contribution in [0.5, 0.6) is 17.2 Å². The third-order valence-corrected chi connectivity index (χ3v) is 5.68. The lowest BCUT2D eigenvalue weighted by Gasteiger charge is -2.40. The molecule has 1 heterocycles. The van der Waals surface area contributed by atoms with Gasteiger partial charge in [0.1, 0.15) is 0 Å². The number of rotatable bonds is 6. The molecule has 2 aliphatic rings. The molecule has 1 aliphatic heterocycles. The van der Waals surface area contributed by atoms with Gasteiger partial charge in [0.25, 0.3) is 0 Å². The number of hydrogen-bond donors (Lipinski definition) is 0. The van der Waals surface area contributed by atoms with Gasteiger partial charge in [0.05, 0.1) is 21.3 Å². The highest BCUT2D eigenvalue weighted by molar-refractivity contribution is 5.55. The molecule has 1 aromatic rings. The number of methoxy groups -OCH3 is 3. The third-order valence-electron chi connectivity index (χ3n) is 5.68. The van der Waals surface area contributed by atoms with Crippen molar-refractivity contribution in [3.05, 3.63) is 17.7 Å². The van der Waals surface area contributed by atoms with Crippen molar-refractivity contribution in [2.24, 2.45) is 0 Å². The Morgan fingerprint density at radius 1 is 0.840 bits per heavy atom. The lowest BCUT2D eigenvalue weighted by molar-refractivity contribution is 0.0750. The van der Waals surface area contributed by atoms with E-state index in [1.54, 1.807) is 21.3 Å². The first-order chi connectivity index (χ1) is 12.3. The van der Waals surface area contributed by atoms with E-state index in [0.29, 0.717) is 11.5 Å². The molecule has 0 amide bonds. The fraction of sp³-hybridized carbons (Fsp3) is 0.700. The first kappa shape index (κ1) is 18.3. The number of nitrogens with zero attached hydrogens (tertiary/aromatic N) is 2. The van der Waals surface area contributed by atoms with E-state index in [9.17, 15) is 0 Å². The summed E-state index contributed by atoms with van der Waals surface area (Å²) in [7, 11) is 5.01. The summed E-state index contributed by atoms with van der Waals surface area (Å²) in [6.07, 6.45) is 7.03. The molecule has 1 aliphatic carbocycles. The molecule has 140 valence electrons. The summed E-state index contributed by atoms with van der Waals surface area (Å²) in [5, 5.41) is 0. The molecular formula is C20H32N2O3. The Hall–Kier alpha value is -1.46. The minimum absolute atomic E-state index is 0.684. The Balaban J connectivity index is 1.62. The minimum Gasteiger partial charge on any atom is -0.493 e. The first-order valence-electron chi connectivity index (χ1n) is 9.51. The summed E-state index contributed by atoms with van der Waals surface area (Å²) in [6, 6.07) is 4.88. The van der Waals surface area contributed by atoms with Crippen LogP contribution in [-0.2, 0) is 6.54 Å². The topological polar surface area (TPSA) is 34.2 Å². The normalized spacial score (nSPS) is 20.4. The largest absolute Gasteiger partial charge is 0.493 e. The smallest absolute Gasteiger partial charge is 0.203 e. The Morgan fingerprint density at radius 2 is 1.52 bits per heavy atom. The molecule has 1 aromatic carbocycles. The zero-order chi connectivity index (χ0) is 17.6. The first-order valence-corrected chi connectivity index (χ1v) is 9.51. The van der Waals surface area contributed by atoms with Crippen LogP contribution < -0.4 is 14.2 Å². The van der Waals surface area contributed by atoms with Gasteiger partial charge in [-0.25, -0.2) is 0 Å². The van der Waals surface area contributed by atoms with E-state index in [4.69, 9.17) is 14.2 Å². The fourth-order valence-corrected chi connectivity index (χ4v) is 4.26. The number of piperazine rings is 1. The van der Waals surface area contributed by atoms with Crippen molar-refractivity contribution in [1.82, 2.24) is 9.80 Å². The molecule has 25 heavy (non-hydrogen) atoms. The number of hydrogen-bond acceptors (Lipinski definition) is 5. The zero-order valence-corrected chi connectivity index (χ0v) is 15.9. The molecule has 0 unspecified atom stereocenters. The van der Waals surface area contributed by atoms with Crippen LogP contribution in [0.3, 0.4) is 0 Å². The molecule has 0 spiro atoms. The van der Waals surface area contributed by atoms with Crippen molar-refractivity contribution in [2.45, 2.75) is 44.7 Å². The van der Waals surface area contributed by atoms with Crippen LogP contribution in [0, 0.1) is 0 Å². The van der Waals surface area contributed by atoms with Gasteiger partial charge in [0, 0.05) is 44.3 Å². The molecule has 5 heteroatoms. The highest BCUT2D eigenvalue weighted by atomic mass is 16.5. The van der Waals surface area contributed by atoms with Crippen LogP contribution in [0.15, 0.2) is 12.1 Å². The molecule has 0 bridgehead atoms. The summed E-state index contributed by atoms with van der Waals surface area (Å²) < 4.78 is 16.5. The van der Waals surface area contributed by atoms with Gasteiger partial charge in [-0.2, -0.15) is 0 Å². The Labute approximate surface area is 151 Å². The highest BCUT2D eigenvalue weighted by Crippen LogP contribution is 2.40. The predicted molar refractivity (Wildman–Crippen MR) is 99.8 cm³/mol. The van der Waals surface area contributed by atoms with Gasteiger partial charge in [0.2, 0.25) is 5.75 Å². The van der Waals surface area contributed by atoms with Crippen molar-refractivity contribution in [3.63, 3.8) is 0 Å². The van der Waals surface area contributed by atoms with Gasteiger partial charge < -0.3 is 14.2 Å². The summed E-state index contributed by atoms with van der Waals surface area (Å²) in [5.41, 5.74) is 1.16. The molecule has 0 N–H and O–H groups in total. The van der Waals surface area contributed by atoms with Gasteiger partial charge in [-0.15, -0.1) is 0 Å². The summed E-state index contributed by atoms with van der Waals surface area (Å²) in [6.45, 7) is 5.49. The van der Waals surface area contributed by atoms with Crippen molar-refractivity contribution < 1.29 is 14.2 Å². The molecule has 1 saturated heterocycles. The van der Waals surface area contributed by atoms with E-state index in [2.05, 4.69) is 15.9 Å². The minimum atomic E-state index is 0.684. The van der Waals surface area contributed by atoms with E-state index in [1.807, 2.05) is 6.07 Å². The maximum absolute atomic E-state index is 5.63. The van der Waals surface area contributed by atoms with Crippen LogP contribution in [0.4, 0.5) is 0 Å². The molecule has 0 aromatic heterocycles. The van der Waals surface area contributed by atoms with Crippen molar-refractivity contribution in [3.8, 4) is 17.2 Å². The molecule has 0 atom stereocenters. The van der Waals surface area contributed by atoms with Crippen LogP contribution in [0.25, 0.3) is 0 Å². The van der Waals surface area contributed by atoms with Gasteiger partial charge in [-0.1, -0.05) is 25.3 Å². The summed E-state index contributed by atoms with van der Waals surface area (Å²) >= 11 is 0. The second-order valence-corrected chi connectivity index (χ2v) is 7.10. The predicted octanol–water partition coefficient (Wildman–Crippen LogP) is 3.16. The molecular weight excluding hydrogens is 316 g/mol. The van der Waals surface area contributed by atoms with Crippen molar-refractivity contribution in [1.29, 1.82) is 0 Å². The van der Waals surface area contributed by atoms with Crippen molar-refractivity contribution >= 4 is 0 Å². The molecule has 5 nitrogen and oxygen atoms in total. The standard InChI is InChI=1S/C20H32N2O3/c1-23-18-10-9-16(19(24-2)20(18)25-3)15-21-11-13-22(14-12-21)17-7-5-4-6-8-17/h9-10,17H,4-8,11-15H2,1-3H3. The van der Waals surface area contributed by atoms with E-state index in [0.717, 1.165) is 37.0 Å². The zero-order valence-electron chi connectivity index (χ0n) is 15.9. The van der Waals surface area contributed by atoms with E-state index in [1.165, 1.54) is 45.2 Å². The average Bonchev–Trinajstić information content (AvgIpc) is 2.68. The van der Waals surface area contributed by atoms with Gasteiger partial charge in [-0.05, 0) is 18.9 Å². The lowest BCUT2D eigenvalue weighted by Crippen LogP contribution is -2.50. The van der Waals surface area contributed by atoms with Gasteiger partial charge in [-0.3, -0.25) is 9.80 Å². The molecule has 3 rings (SSSR count). The Morgan fingerprint density at radius 3 is 2.12 bits per heavy atom. The van der Waals surface area contributed by atoms with Crippen LogP contribution in [-0.4, -0.2) is 63.4 Å². The maximum atomic E-state index is 5.63. The number of ether oxygens (including phenoxy) is 3. The summed E-state index contributed by atoms with van der Waals surface area (Å²) in [4.78, 5) is 5.23. The second kappa shape index (κ2) is 8.77. The fourth-order valence-electron chi connectivity index (χ4n) is 4.26. The quantitative estimate of drug-likeness (QED) is 0.789. The highest BCUT2D eigenvalue weighted by Gasteiger charge is 2.26. The Kier molecular flexibility index (Phi) is 6.43.